The monoisotopic (exact) mass is 388 g/mol. The van der Waals surface area contributed by atoms with Crippen molar-refractivity contribution in [3.8, 4) is 0 Å². The highest BCUT2D eigenvalue weighted by Crippen LogP contribution is 2.27. The second-order valence-electron chi connectivity index (χ2n) is 7.04. The quantitative estimate of drug-likeness (QED) is 0.692. The topological polar surface area (TPSA) is 58.6 Å². The van der Waals surface area contributed by atoms with Gasteiger partial charge < -0.3 is 14.2 Å². The highest BCUT2D eigenvalue weighted by Gasteiger charge is 2.27. The van der Waals surface area contributed by atoms with E-state index in [9.17, 15) is 4.79 Å². The number of nitrogens with zero attached hydrogens (tertiary/aromatic N) is 1. The molecule has 2 aromatic heterocycles. The van der Waals surface area contributed by atoms with Crippen LogP contribution in [0.15, 0.2) is 45.4 Å². The summed E-state index contributed by atoms with van der Waals surface area (Å²) in [5.41, 5.74) is 2.76. The Morgan fingerprint density at radius 3 is 2.70 bits per heavy atom. The van der Waals surface area contributed by atoms with Gasteiger partial charge in [-0.1, -0.05) is 12.1 Å². The van der Waals surface area contributed by atoms with Gasteiger partial charge in [-0.3, -0.25) is 9.69 Å². The number of likely N-dealkylation sites (tertiary alicyclic amines) is 1. The first-order chi connectivity index (χ1) is 12.6. The molecule has 4 rings (SSSR count). The summed E-state index contributed by atoms with van der Waals surface area (Å²) in [4.78, 5) is 15.1. The number of rotatable bonds is 5. The Kier molecular flexibility index (Phi) is 5.92. The highest BCUT2D eigenvalue weighted by atomic mass is 35.5. The van der Waals surface area contributed by atoms with E-state index in [1.54, 1.807) is 6.26 Å². The fourth-order valence-electron chi connectivity index (χ4n) is 3.76. The van der Waals surface area contributed by atoms with Crippen LogP contribution in [-0.2, 0) is 0 Å². The van der Waals surface area contributed by atoms with Crippen LogP contribution in [-0.4, -0.2) is 30.4 Å². The van der Waals surface area contributed by atoms with E-state index in [1.165, 1.54) is 12.8 Å². The van der Waals surface area contributed by atoms with Crippen LogP contribution in [0.25, 0.3) is 11.0 Å². The highest BCUT2D eigenvalue weighted by molar-refractivity contribution is 5.99. The van der Waals surface area contributed by atoms with Gasteiger partial charge in [0.05, 0.1) is 12.3 Å². The lowest BCUT2D eigenvalue weighted by Crippen LogP contribution is -2.36. The predicted octanol–water partition coefficient (Wildman–Crippen LogP) is 4.63. The molecule has 1 atom stereocenters. The zero-order chi connectivity index (χ0) is 18.1. The van der Waals surface area contributed by atoms with Crippen molar-refractivity contribution in [1.29, 1.82) is 0 Å². The number of hydrogen-bond acceptors (Lipinski definition) is 4. The predicted molar refractivity (Wildman–Crippen MR) is 108 cm³/mol. The summed E-state index contributed by atoms with van der Waals surface area (Å²) in [5.74, 6) is 1.11. The summed E-state index contributed by atoms with van der Waals surface area (Å²) < 4.78 is 11.5. The van der Waals surface area contributed by atoms with Crippen LogP contribution in [0, 0.1) is 13.8 Å². The molecule has 1 aromatic carbocycles. The van der Waals surface area contributed by atoms with E-state index < -0.39 is 0 Å². The molecule has 3 heterocycles. The van der Waals surface area contributed by atoms with Crippen LogP contribution in [0.5, 0.6) is 0 Å². The number of hydrogen-bond donors (Lipinski definition) is 1. The Morgan fingerprint density at radius 2 is 2.00 bits per heavy atom. The molecule has 1 aliphatic rings. The Balaban J connectivity index is 0.00000210. The molecule has 144 valence electrons. The second kappa shape index (κ2) is 8.19. The van der Waals surface area contributed by atoms with Crippen LogP contribution in [0.4, 0.5) is 0 Å². The van der Waals surface area contributed by atoms with E-state index >= 15 is 0 Å². The van der Waals surface area contributed by atoms with Crippen LogP contribution < -0.4 is 5.32 Å². The molecule has 6 heteroatoms. The van der Waals surface area contributed by atoms with Crippen molar-refractivity contribution in [2.24, 2.45) is 0 Å². The molecular weight excluding hydrogens is 364 g/mol. The van der Waals surface area contributed by atoms with Gasteiger partial charge in [0.15, 0.2) is 5.76 Å². The third-order valence-corrected chi connectivity index (χ3v) is 5.21. The number of aryl methyl sites for hydroxylation is 2. The standard InChI is InChI=1S/C21H24N2O3.ClH/c1-14-7-8-16-15(2)20(26-19(16)12-14)21(24)22-13-17(18-6-5-11-25-18)23-9-3-4-10-23;/h5-8,11-12,17H,3-4,9-10,13H2,1-2H3,(H,22,24);1H. The molecule has 27 heavy (non-hydrogen) atoms. The minimum Gasteiger partial charge on any atom is -0.468 e. The van der Waals surface area contributed by atoms with Gasteiger partial charge in [-0.05, 0) is 63.5 Å². The van der Waals surface area contributed by atoms with Crippen molar-refractivity contribution in [1.82, 2.24) is 10.2 Å². The molecule has 0 radical (unpaired) electrons. The zero-order valence-electron chi connectivity index (χ0n) is 15.7. The van der Waals surface area contributed by atoms with Gasteiger partial charge in [-0.15, -0.1) is 12.4 Å². The number of amides is 1. The molecule has 1 unspecified atom stereocenters. The summed E-state index contributed by atoms with van der Waals surface area (Å²) in [6, 6.07) is 9.94. The summed E-state index contributed by atoms with van der Waals surface area (Å²) in [6.07, 6.45) is 4.06. The maximum absolute atomic E-state index is 12.8. The van der Waals surface area contributed by atoms with Crippen LogP contribution in [0.2, 0.25) is 0 Å². The molecule has 1 amide bonds. The maximum atomic E-state index is 12.8. The molecule has 1 fully saturated rings. The largest absolute Gasteiger partial charge is 0.468 e. The van der Waals surface area contributed by atoms with Crippen molar-refractivity contribution in [2.45, 2.75) is 32.7 Å². The van der Waals surface area contributed by atoms with Crippen LogP contribution >= 0.6 is 12.4 Å². The summed E-state index contributed by atoms with van der Waals surface area (Å²) in [7, 11) is 0. The number of benzene rings is 1. The van der Waals surface area contributed by atoms with Gasteiger partial charge in [-0.2, -0.15) is 0 Å². The Labute approximate surface area is 165 Å². The maximum Gasteiger partial charge on any atom is 0.287 e. The van der Waals surface area contributed by atoms with Gasteiger partial charge in [0.2, 0.25) is 0 Å². The summed E-state index contributed by atoms with van der Waals surface area (Å²) in [6.45, 7) is 6.51. The molecule has 5 nitrogen and oxygen atoms in total. The number of fused-ring (bicyclic) bond motifs is 1. The van der Waals surface area contributed by atoms with E-state index in [0.717, 1.165) is 40.9 Å². The first-order valence-corrected chi connectivity index (χ1v) is 9.19. The lowest BCUT2D eigenvalue weighted by molar-refractivity contribution is 0.0907. The first-order valence-electron chi connectivity index (χ1n) is 9.19. The number of furan rings is 2. The number of carbonyl (C=O) groups is 1. The lowest BCUT2D eigenvalue weighted by Gasteiger charge is -2.25. The molecule has 0 aliphatic carbocycles. The van der Waals surface area contributed by atoms with Gasteiger partial charge in [0.1, 0.15) is 11.3 Å². The third kappa shape index (κ3) is 3.89. The van der Waals surface area contributed by atoms with Gasteiger partial charge in [-0.25, -0.2) is 0 Å². The number of carbonyl (C=O) groups excluding carboxylic acids is 1. The summed E-state index contributed by atoms with van der Waals surface area (Å²) >= 11 is 0. The van der Waals surface area contributed by atoms with Gasteiger partial charge >= 0.3 is 0 Å². The molecule has 1 aliphatic heterocycles. The van der Waals surface area contributed by atoms with E-state index in [2.05, 4.69) is 10.2 Å². The average Bonchev–Trinajstić information content (AvgIpc) is 3.37. The van der Waals surface area contributed by atoms with Crippen molar-refractivity contribution in [2.75, 3.05) is 19.6 Å². The van der Waals surface area contributed by atoms with Crippen molar-refractivity contribution in [3.05, 3.63) is 59.2 Å². The Morgan fingerprint density at radius 1 is 1.22 bits per heavy atom. The summed E-state index contributed by atoms with van der Waals surface area (Å²) in [5, 5.41) is 4.04. The second-order valence-corrected chi connectivity index (χ2v) is 7.04. The van der Waals surface area contributed by atoms with E-state index in [4.69, 9.17) is 8.83 Å². The number of nitrogens with one attached hydrogen (secondary N) is 1. The fraction of sp³-hybridized carbons (Fsp3) is 0.381. The minimum absolute atomic E-state index is 0. The van der Waals surface area contributed by atoms with E-state index in [-0.39, 0.29) is 24.4 Å². The molecular formula is C21H25ClN2O3. The van der Waals surface area contributed by atoms with Gasteiger partial charge in [0.25, 0.3) is 5.91 Å². The zero-order valence-corrected chi connectivity index (χ0v) is 16.5. The molecule has 0 saturated carbocycles. The SMILES string of the molecule is Cc1ccc2c(C)c(C(=O)NCC(c3ccco3)N3CCCC3)oc2c1.Cl. The van der Waals surface area contributed by atoms with Crippen LogP contribution in [0.3, 0.4) is 0 Å². The normalized spacial score (nSPS) is 15.6. The first kappa shape index (κ1) is 19.5. The molecule has 3 aromatic rings. The fourth-order valence-corrected chi connectivity index (χ4v) is 3.76. The Hall–Kier alpha value is -2.24. The third-order valence-electron chi connectivity index (χ3n) is 5.21. The van der Waals surface area contributed by atoms with Crippen molar-refractivity contribution < 1.29 is 13.6 Å². The molecule has 0 bridgehead atoms. The van der Waals surface area contributed by atoms with Crippen LogP contribution in [0.1, 0.15) is 46.3 Å². The Bertz CT molecular complexity index is 911. The van der Waals surface area contributed by atoms with E-state index in [0.29, 0.717) is 12.3 Å². The molecule has 0 spiro atoms. The molecule has 1 saturated heterocycles. The van der Waals surface area contributed by atoms with Crippen molar-refractivity contribution >= 4 is 29.3 Å². The smallest absolute Gasteiger partial charge is 0.287 e. The minimum atomic E-state index is -0.174. The van der Waals surface area contributed by atoms with E-state index in [1.807, 2.05) is 44.2 Å². The number of halogens is 1. The average molecular weight is 389 g/mol. The van der Waals surface area contributed by atoms with Gasteiger partial charge in [0, 0.05) is 17.5 Å². The lowest BCUT2D eigenvalue weighted by atomic mass is 10.1. The molecule has 1 N–H and O–H groups in total. The van der Waals surface area contributed by atoms with Crippen molar-refractivity contribution in [3.63, 3.8) is 0 Å².